The number of nitrogens with zero attached hydrogens (tertiary/aromatic N) is 4. The molecule has 0 aromatic carbocycles. The van der Waals surface area contributed by atoms with Crippen LogP contribution in [0.3, 0.4) is 0 Å². The maximum Gasteiger partial charge on any atom is 0.0853 e. The van der Waals surface area contributed by atoms with E-state index in [2.05, 4.69) is 29.3 Å². The van der Waals surface area contributed by atoms with Gasteiger partial charge in [0.25, 0.3) is 0 Å². The van der Waals surface area contributed by atoms with Gasteiger partial charge in [0.1, 0.15) is 0 Å². The molecule has 0 bridgehead atoms. The van der Waals surface area contributed by atoms with Crippen molar-refractivity contribution in [2.24, 2.45) is 7.05 Å². The molecule has 1 heterocycles. The Bertz CT molecular complexity index is 368. The fraction of sp³-hybridized carbons (Fsp3) is 0.833. The monoisotopic (exact) mass is 238 g/mol. The third kappa shape index (κ3) is 2.35. The lowest BCUT2D eigenvalue weighted by Gasteiger charge is -2.40. The van der Waals surface area contributed by atoms with Crippen molar-refractivity contribution in [1.82, 2.24) is 19.9 Å². The summed E-state index contributed by atoms with van der Waals surface area (Å²) in [7, 11) is 5.97. The lowest BCUT2D eigenvalue weighted by Crippen LogP contribution is -2.52. The van der Waals surface area contributed by atoms with Crippen LogP contribution >= 0.6 is 0 Å². The number of hydrogen-bond donors (Lipinski definition) is 1. The number of aryl methyl sites for hydroxylation is 1. The van der Waals surface area contributed by atoms with E-state index < -0.39 is 0 Å². The van der Waals surface area contributed by atoms with Crippen molar-refractivity contribution in [3.8, 4) is 0 Å². The zero-order valence-electron chi connectivity index (χ0n) is 10.9. The van der Waals surface area contributed by atoms with Gasteiger partial charge in [0.05, 0.1) is 11.8 Å². The Morgan fingerprint density at radius 1 is 1.47 bits per heavy atom. The number of hydrogen-bond acceptors (Lipinski definition) is 4. The van der Waals surface area contributed by atoms with Gasteiger partial charge in [0.2, 0.25) is 0 Å². The second-order valence-corrected chi connectivity index (χ2v) is 5.31. The van der Waals surface area contributed by atoms with Gasteiger partial charge in [0.15, 0.2) is 0 Å². The molecule has 0 aliphatic heterocycles. The van der Waals surface area contributed by atoms with E-state index in [1.54, 1.807) is 4.68 Å². The number of rotatable bonds is 4. The minimum Gasteiger partial charge on any atom is -0.391 e. The van der Waals surface area contributed by atoms with E-state index in [9.17, 15) is 5.11 Å². The Hall–Kier alpha value is -0.940. The maximum atomic E-state index is 10.5. The van der Waals surface area contributed by atoms with Gasteiger partial charge < -0.3 is 10.0 Å². The smallest absolute Gasteiger partial charge is 0.0853 e. The molecule has 0 amide bonds. The molecular formula is C12H22N4O. The molecule has 0 radical (unpaired) electrons. The predicted molar refractivity (Wildman–Crippen MR) is 65.6 cm³/mol. The minimum absolute atomic E-state index is 0.0719. The number of likely N-dealkylation sites (N-methyl/N-ethyl adjacent to an activating group) is 1. The summed E-state index contributed by atoms with van der Waals surface area (Å²) >= 11 is 0. The standard InChI is InChI=1S/C12H22N4O/c1-15(2)12(6-4-5-7-12)11(17)8-10-9-16(3)14-13-10/h9,11,17H,4-8H2,1-3H3. The molecule has 1 unspecified atom stereocenters. The normalized spacial score (nSPS) is 21.0. The van der Waals surface area contributed by atoms with Crippen LogP contribution in [0, 0.1) is 0 Å². The molecule has 2 rings (SSSR count). The molecule has 1 fully saturated rings. The Kier molecular flexibility index (Phi) is 3.49. The topological polar surface area (TPSA) is 54.2 Å². The molecule has 1 N–H and O–H groups in total. The molecule has 1 aliphatic rings. The average molecular weight is 238 g/mol. The average Bonchev–Trinajstić information content (AvgIpc) is 2.87. The van der Waals surface area contributed by atoms with Crippen LogP contribution in [0.5, 0.6) is 0 Å². The van der Waals surface area contributed by atoms with Crippen molar-refractivity contribution in [3.63, 3.8) is 0 Å². The van der Waals surface area contributed by atoms with E-state index in [0.717, 1.165) is 18.5 Å². The largest absolute Gasteiger partial charge is 0.391 e. The molecule has 0 spiro atoms. The summed E-state index contributed by atoms with van der Waals surface area (Å²) < 4.78 is 1.68. The summed E-state index contributed by atoms with van der Waals surface area (Å²) in [4.78, 5) is 2.18. The lowest BCUT2D eigenvalue weighted by atomic mass is 9.86. The van der Waals surface area contributed by atoms with Gasteiger partial charge in [-0.05, 0) is 26.9 Å². The van der Waals surface area contributed by atoms with E-state index >= 15 is 0 Å². The highest BCUT2D eigenvalue weighted by molar-refractivity contribution is 5.04. The van der Waals surface area contributed by atoms with Crippen LogP contribution in [-0.2, 0) is 13.5 Å². The van der Waals surface area contributed by atoms with Crippen LogP contribution in [0.15, 0.2) is 6.20 Å². The maximum absolute atomic E-state index is 10.5. The highest BCUT2D eigenvalue weighted by Crippen LogP contribution is 2.37. The molecule has 1 aliphatic carbocycles. The van der Waals surface area contributed by atoms with Crippen molar-refractivity contribution < 1.29 is 5.11 Å². The number of aliphatic hydroxyl groups excluding tert-OH is 1. The van der Waals surface area contributed by atoms with Crippen LogP contribution < -0.4 is 0 Å². The van der Waals surface area contributed by atoms with Crippen LogP contribution in [0.25, 0.3) is 0 Å². The number of aliphatic hydroxyl groups is 1. The SMILES string of the molecule is CN(C)C1(C(O)Cc2cn(C)nn2)CCCC1. The molecular weight excluding hydrogens is 216 g/mol. The molecule has 96 valence electrons. The van der Waals surface area contributed by atoms with E-state index in [4.69, 9.17) is 0 Å². The summed E-state index contributed by atoms with van der Waals surface area (Å²) in [5, 5.41) is 18.5. The Morgan fingerprint density at radius 2 is 2.12 bits per heavy atom. The first-order chi connectivity index (χ1) is 8.04. The molecule has 0 saturated heterocycles. The summed E-state index contributed by atoms with van der Waals surface area (Å²) in [5.74, 6) is 0. The summed E-state index contributed by atoms with van der Waals surface area (Å²) in [5.41, 5.74) is 0.797. The third-order valence-electron chi connectivity index (χ3n) is 4.03. The molecule has 17 heavy (non-hydrogen) atoms. The molecule has 5 heteroatoms. The predicted octanol–water partition coefficient (Wildman–Crippen LogP) is 0.593. The third-order valence-corrected chi connectivity index (χ3v) is 4.03. The van der Waals surface area contributed by atoms with Crippen molar-refractivity contribution in [2.75, 3.05) is 14.1 Å². The minimum atomic E-state index is -0.364. The second-order valence-electron chi connectivity index (χ2n) is 5.31. The first kappa shape index (κ1) is 12.5. The Labute approximate surface area is 102 Å². The lowest BCUT2D eigenvalue weighted by molar-refractivity contribution is -0.00304. The van der Waals surface area contributed by atoms with Crippen molar-refractivity contribution in [3.05, 3.63) is 11.9 Å². The molecule has 1 aromatic heterocycles. The second kappa shape index (κ2) is 4.74. The summed E-state index contributed by atoms with van der Waals surface area (Å²) in [6, 6.07) is 0. The van der Waals surface area contributed by atoms with Crippen LogP contribution in [0.2, 0.25) is 0 Å². The summed E-state index contributed by atoms with van der Waals surface area (Å²) in [6.07, 6.45) is 6.65. The molecule has 1 saturated carbocycles. The van der Waals surface area contributed by atoms with Crippen molar-refractivity contribution in [2.45, 2.75) is 43.7 Å². The van der Waals surface area contributed by atoms with Crippen molar-refractivity contribution >= 4 is 0 Å². The fourth-order valence-corrected chi connectivity index (χ4v) is 2.94. The van der Waals surface area contributed by atoms with Gasteiger partial charge in [-0.15, -0.1) is 5.10 Å². The van der Waals surface area contributed by atoms with Gasteiger partial charge in [-0.2, -0.15) is 0 Å². The van der Waals surface area contributed by atoms with Crippen LogP contribution in [-0.4, -0.2) is 50.7 Å². The molecule has 1 atom stereocenters. The Balaban J connectivity index is 2.09. The van der Waals surface area contributed by atoms with Crippen molar-refractivity contribution in [1.29, 1.82) is 0 Å². The number of aromatic nitrogens is 3. The van der Waals surface area contributed by atoms with Gasteiger partial charge >= 0.3 is 0 Å². The first-order valence-corrected chi connectivity index (χ1v) is 6.25. The first-order valence-electron chi connectivity index (χ1n) is 6.25. The molecule has 5 nitrogen and oxygen atoms in total. The zero-order valence-corrected chi connectivity index (χ0v) is 10.9. The van der Waals surface area contributed by atoms with Gasteiger partial charge in [-0.25, -0.2) is 0 Å². The highest BCUT2D eigenvalue weighted by Gasteiger charge is 2.42. The Morgan fingerprint density at radius 3 is 2.59 bits per heavy atom. The van der Waals surface area contributed by atoms with Gasteiger partial charge in [-0.1, -0.05) is 18.1 Å². The fourth-order valence-electron chi connectivity index (χ4n) is 2.94. The van der Waals surface area contributed by atoms with Crippen LogP contribution in [0.1, 0.15) is 31.4 Å². The van der Waals surface area contributed by atoms with E-state index in [-0.39, 0.29) is 11.6 Å². The van der Waals surface area contributed by atoms with Crippen LogP contribution in [0.4, 0.5) is 0 Å². The van der Waals surface area contributed by atoms with Gasteiger partial charge in [-0.3, -0.25) is 4.68 Å². The van der Waals surface area contributed by atoms with E-state index in [0.29, 0.717) is 6.42 Å². The summed E-state index contributed by atoms with van der Waals surface area (Å²) in [6.45, 7) is 0. The highest BCUT2D eigenvalue weighted by atomic mass is 16.3. The van der Waals surface area contributed by atoms with Gasteiger partial charge in [0, 0.05) is 25.2 Å². The van der Waals surface area contributed by atoms with E-state index in [1.807, 2.05) is 13.2 Å². The quantitative estimate of drug-likeness (QED) is 0.834. The zero-order chi connectivity index (χ0) is 12.5. The van der Waals surface area contributed by atoms with E-state index in [1.165, 1.54) is 12.8 Å². The molecule has 1 aromatic rings.